The molecule has 10 fully saturated rings. The Labute approximate surface area is 418 Å². The van der Waals surface area contributed by atoms with Crippen LogP contribution < -0.4 is 16.2 Å². The highest BCUT2D eigenvalue weighted by molar-refractivity contribution is 6.02. The molecule has 4 atom stereocenters. The third kappa shape index (κ3) is 9.67. The number of amides is 3. The van der Waals surface area contributed by atoms with Crippen molar-refractivity contribution in [1.82, 2.24) is 19.3 Å². The first-order valence-corrected chi connectivity index (χ1v) is 27.8. The van der Waals surface area contributed by atoms with Crippen molar-refractivity contribution in [2.75, 3.05) is 64.0 Å². The van der Waals surface area contributed by atoms with Crippen LogP contribution in [0, 0.1) is 56.2 Å². The number of nitrogens with zero attached hydrogens (tertiary/aromatic N) is 4. The summed E-state index contributed by atoms with van der Waals surface area (Å²) >= 11 is 0. The predicted octanol–water partition coefficient (Wildman–Crippen LogP) is 11.0. The van der Waals surface area contributed by atoms with E-state index in [2.05, 4.69) is 67.1 Å². The number of rotatable bonds is 10. The van der Waals surface area contributed by atoms with Crippen molar-refractivity contribution >= 4 is 39.9 Å². The van der Waals surface area contributed by atoms with Crippen LogP contribution in [-0.4, -0.2) is 90.4 Å². The number of carbonyl (C=O) groups excluding carboxylic acids is 3. The van der Waals surface area contributed by atoms with E-state index in [0.717, 1.165) is 105 Å². The average Bonchev–Trinajstić information content (AvgIpc) is 3.25. The SMILES string of the molecule is CN1CCC(CN2CCc3c(NC(=O)CC45CC6CC(C)(CC(C)(C6)C4)C5)cccc3C2=O)CC1.CN1CCC(Cn2ccc3c(NC(=O)CC45CC6CC(C)(CC(C)(C6)C4)C5)cccc3c2=O)CC1. The third-order valence-electron chi connectivity index (χ3n) is 20.1. The van der Waals surface area contributed by atoms with Crippen LogP contribution in [0.4, 0.5) is 11.4 Å². The zero-order valence-electron chi connectivity index (χ0n) is 43.7. The lowest BCUT2D eigenvalue weighted by molar-refractivity contribution is -0.154. The predicted molar refractivity (Wildman–Crippen MR) is 281 cm³/mol. The summed E-state index contributed by atoms with van der Waals surface area (Å²) in [6.45, 7) is 16.7. The van der Waals surface area contributed by atoms with E-state index in [4.69, 9.17) is 0 Å². The number of carbonyl (C=O) groups is 3. The summed E-state index contributed by atoms with van der Waals surface area (Å²) in [6.07, 6.45) is 23.9. The lowest BCUT2D eigenvalue weighted by Gasteiger charge is -2.65. The first kappa shape index (κ1) is 48.3. The van der Waals surface area contributed by atoms with Crippen molar-refractivity contribution in [2.24, 2.45) is 56.2 Å². The monoisotopic (exact) mass is 953 g/mol. The number of anilines is 2. The van der Waals surface area contributed by atoms with Gasteiger partial charge in [-0.25, -0.2) is 0 Å². The molecule has 10 nitrogen and oxygen atoms in total. The third-order valence-corrected chi connectivity index (χ3v) is 20.1. The number of benzene rings is 2. The minimum atomic E-state index is 0.0551. The van der Waals surface area contributed by atoms with E-state index in [-0.39, 0.29) is 34.1 Å². The first-order chi connectivity index (χ1) is 33.3. The molecule has 0 spiro atoms. The Morgan fingerprint density at radius 3 is 1.59 bits per heavy atom. The smallest absolute Gasteiger partial charge is 0.258 e. The molecule has 8 aliphatic carbocycles. The molecule has 8 bridgehead atoms. The fourth-order valence-corrected chi connectivity index (χ4v) is 19.3. The number of fused-ring (bicyclic) bond motifs is 2. The molecule has 4 unspecified atom stereocenters. The van der Waals surface area contributed by atoms with Crippen LogP contribution in [0.1, 0.15) is 159 Å². The molecule has 0 radical (unpaired) electrons. The second-order valence-corrected chi connectivity index (χ2v) is 27.6. The second-order valence-electron chi connectivity index (χ2n) is 27.6. The summed E-state index contributed by atoms with van der Waals surface area (Å²) in [7, 11) is 4.34. The molecule has 14 rings (SSSR count). The molecular formula is C60H84N6O4. The average molecular weight is 953 g/mol. The van der Waals surface area contributed by atoms with Gasteiger partial charge in [-0.15, -0.1) is 0 Å². The normalized spacial score (nSPS) is 36.0. The number of likely N-dealkylation sites (tertiary alicyclic amines) is 2. The Morgan fingerprint density at radius 1 is 0.571 bits per heavy atom. The van der Waals surface area contributed by atoms with Gasteiger partial charge in [-0.05, 0) is 241 Å². The van der Waals surface area contributed by atoms with Crippen LogP contribution in [0.3, 0.4) is 0 Å². The number of pyridine rings is 1. The molecule has 8 saturated carbocycles. The van der Waals surface area contributed by atoms with Gasteiger partial charge >= 0.3 is 0 Å². The molecule has 378 valence electrons. The number of hydrogen-bond acceptors (Lipinski definition) is 6. The van der Waals surface area contributed by atoms with Gasteiger partial charge in [-0.1, -0.05) is 39.8 Å². The summed E-state index contributed by atoms with van der Waals surface area (Å²) in [5, 5.41) is 8.06. The second kappa shape index (κ2) is 17.9. The van der Waals surface area contributed by atoms with Gasteiger partial charge in [0.25, 0.3) is 11.5 Å². The number of hydrogen-bond donors (Lipinski definition) is 2. The van der Waals surface area contributed by atoms with E-state index in [0.29, 0.717) is 51.7 Å². The van der Waals surface area contributed by atoms with E-state index in [1.165, 1.54) is 89.9 Å². The summed E-state index contributed by atoms with van der Waals surface area (Å²) in [5.41, 5.74) is 5.50. The van der Waals surface area contributed by atoms with Crippen LogP contribution in [-0.2, 0) is 22.6 Å². The summed E-state index contributed by atoms with van der Waals surface area (Å²) in [5.74, 6) is 3.14. The van der Waals surface area contributed by atoms with Gasteiger partial charge < -0.3 is 29.9 Å². The first-order valence-electron chi connectivity index (χ1n) is 27.8. The molecule has 10 heteroatoms. The largest absolute Gasteiger partial charge is 0.338 e. The van der Waals surface area contributed by atoms with Crippen LogP contribution in [0.2, 0.25) is 0 Å². The maximum Gasteiger partial charge on any atom is 0.258 e. The number of piperidine rings is 2. The van der Waals surface area contributed by atoms with Crippen molar-refractivity contribution in [1.29, 1.82) is 0 Å². The van der Waals surface area contributed by atoms with Gasteiger partial charge in [0.2, 0.25) is 11.8 Å². The maximum absolute atomic E-state index is 13.4. The Bertz CT molecular complexity index is 2550. The zero-order valence-corrected chi connectivity index (χ0v) is 43.7. The van der Waals surface area contributed by atoms with Gasteiger partial charge in [0, 0.05) is 66.4 Å². The lowest BCUT2D eigenvalue weighted by Crippen LogP contribution is -2.55. The Morgan fingerprint density at radius 2 is 1.06 bits per heavy atom. The minimum Gasteiger partial charge on any atom is -0.338 e. The molecule has 2 saturated heterocycles. The maximum atomic E-state index is 13.4. The van der Waals surface area contributed by atoms with Gasteiger partial charge in [0.1, 0.15) is 0 Å². The fourth-order valence-electron chi connectivity index (χ4n) is 19.3. The molecule has 3 amide bonds. The fraction of sp³-hybridized carbons (Fsp3) is 0.700. The molecule has 3 aliphatic heterocycles. The zero-order chi connectivity index (χ0) is 48.8. The van der Waals surface area contributed by atoms with E-state index in [1.807, 2.05) is 53.2 Å². The molecule has 1 aromatic heterocycles. The van der Waals surface area contributed by atoms with Crippen molar-refractivity contribution in [3.8, 4) is 0 Å². The Balaban J connectivity index is 0.000000152. The minimum absolute atomic E-state index is 0.0551. The quantitative estimate of drug-likeness (QED) is 0.210. The standard InChI is InChI=1S/C30H43N3O2.C30H41N3O2/c2*1-28-13-22-14-29(2,18-28)20-30(15-22,19-28)16-26(34)31-25-6-4-5-24-23(25)9-12-33(27(24)35)17-21-7-10-32(3)11-8-21/h4-6,21-22H,7-20H2,1-3H3,(H,31,34);4-6,9,12,21-22H,7-8,10-11,13-20H2,1-3H3,(H,31,34). The van der Waals surface area contributed by atoms with Crippen molar-refractivity contribution < 1.29 is 14.4 Å². The lowest BCUT2D eigenvalue weighted by atomic mass is 9.40. The molecule has 11 aliphatic rings. The van der Waals surface area contributed by atoms with Gasteiger partial charge in [-0.3, -0.25) is 19.2 Å². The van der Waals surface area contributed by atoms with Crippen LogP contribution >= 0.6 is 0 Å². The molecule has 70 heavy (non-hydrogen) atoms. The van der Waals surface area contributed by atoms with Crippen molar-refractivity contribution in [3.05, 3.63) is 70.1 Å². The summed E-state index contributed by atoms with van der Waals surface area (Å²) in [6, 6.07) is 13.7. The van der Waals surface area contributed by atoms with E-state index < -0.39 is 0 Å². The van der Waals surface area contributed by atoms with Crippen LogP contribution in [0.15, 0.2) is 53.5 Å². The molecule has 3 aromatic rings. The topological polar surface area (TPSA) is 107 Å². The highest BCUT2D eigenvalue weighted by Gasteiger charge is 2.61. The summed E-state index contributed by atoms with van der Waals surface area (Å²) in [4.78, 5) is 60.3. The van der Waals surface area contributed by atoms with Crippen molar-refractivity contribution in [3.63, 3.8) is 0 Å². The summed E-state index contributed by atoms with van der Waals surface area (Å²) < 4.78 is 1.88. The number of aromatic nitrogens is 1. The highest BCUT2D eigenvalue weighted by atomic mass is 16.2. The van der Waals surface area contributed by atoms with Gasteiger partial charge in [0.05, 0.1) is 0 Å². The van der Waals surface area contributed by atoms with Gasteiger partial charge in [0.15, 0.2) is 0 Å². The Kier molecular flexibility index (Phi) is 12.3. The molecular weight excluding hydrogens is 869 g/mol. The van der Waals surface area contributed by atoms with E-state index >= 15 is 0 Å². The highest BCUT2D eigenvalue weighted by Crippen LogP contribution is 2.71. The van der Waals surface area contributed by atoms with Crippen molar-refractivity contribution in [2.45, 2.75) is 156 Å². The van der Waals surface area contributed by atoms with Gasteiger partial charge in [-0.2, -0.15) is 0 Å². The molecule has 2 aromatic carbocycles. The van der Waals surface area contributed by atoms with Crippen LogP contribution in [0.5, 0.6) is 0 Å². The van der Waals surface area contributed by atoms with E-state index in [9.17, 15) is 19.2 Å². The Hall–Kier alpha value is -4.02. The molecule has 4 heterocycles. The number of nitrogens with one attached hydrogen (secondary N) is 2. The van der Waals surface area contributed by atoms with E-state index in [1.54, 1.807) is 0 Å². The molecule has 2 N–H and O–H groups in total. The van der Waals surface area contributed by atoms with Crippen LogP contribution in [0.25, 0.3) is 10.8 Å².